The van der Waals surface area contributed by atoms with Crippen molar-refractivity contribution in [1.29, 1.82) is 0 Å². The van der Waals surface area contributed by atoms with Crippen LogP contribution in [0.1, 0.15) is 70.0 Å². The molecule has 0 spiro atoms. The van der Waals surface area contributed by atoms with Gasteiger partial charge in [-0.2, -0.15) is 4.98 Å². The fraction of sp³-hybridized carbons (Fsp3) is 0.875. The van der Waals surface area contributed by atoms with E-state index < -0.39 is 5.60 Å². The summed E-state index contributed by atoms with van der Waals surface area (Å²) in [6, 6.07) is 0. The molecule has 2 aliphatic carbocycles. The number of hydrogen-bond donors (Lipinski definition) is 2. The molecule has 2 aliphatic rings. The van der Waals surface area contributed by atoms with E-state index in [1.807, 2.05) is 6.92 Å². The molecule has 0 amide bonds. The van der Waals surface area contributed by atoms with Crippen molar-refractivity contribution < 1.29 is 9.63 Å². The van der Waals surface area contributed by atoms with Crippen molar-refractivity contribution in [1.82, 2.24) is 15.5 Å². The number of hydrogen-bond acceptors (Lipinski definition) is 5. The number of rotatable bonds is 4. The third-order valence-electron chi connectivity index (χ3n) is 5.37. The van der Waals surface area contributed by atoms with Gasteiger partial charge in [0, 0.05) is 13.5 Å². The summed E-state index contributed by atoms with van der Waals surface area (Å²) in [5.41, 5.74) is -0.766. The van der Waals surface area contributed by atoms with E-state index in [0.29, 0.717) is 12.4 Å². The molecule has 5 heteroatoms. The second-order valence-electron chi connectivity index (χ2n) is 7.19. The van der Waals surface area contributed by atoms with Gasteiger partial charge in [0.15, 0.2) is 5.82 Å². The zero-order valence-corrected chi connectivity index (χ0v) is 13.2. The van der Waals surface area contributed by atoms with Crippen LogP contribution in [0.25, 0.3) is 0 Å². The van der Waals surface area contributed by atoms with E-state index in [-0.39, 0.29) is 5.54 Å². The van der Waals surface area contributed by atoms with E-state index in [1.165, 1.54) is 12.8 Å². The molecule has 21 heavy (non-hydrogen) atoms. The van der Waals surface area contributed by atoms with Crippen LogP contribution < -0.4 is 5.32 Å². The molecule has 3 rings (SSSR count). The Hall–Kier alpha value is -0.940. The Morgan fingerprint density at radius 1 is 1.24 bits per heavy atom. The number of aliphatic hydroxyl groups is 1. The first-order chi connectivity index (χ1) is 10.0. The number of aryl methyl sites for hydroxylation is 1. The lowest BCUT2D eigenvalue weighted by Crippen LogP contribution is -2.51. The van der Waals surface area contributed by atoms with Gasteiger partial charge in [0.1, 0.15) is 0 Å². The van der Waals surface area contributed by atoms with Crippen LogP contribution in [0.15, 0.2) is 4.52 Å². The summed E-state index contributed by atoms with van der Waals surface area (Å²) in [4.78, 5) is 4.44. The standard InChI is InChI=1S/C16H27N3O2/c1-12-5-9-15(20,10-6-12)11-17-16(7-3-4-8-16)14-18-13(2)21-19-14/h12,17,20H,3-11H2,1-2H3. The van der Waals surface area contributed by atoms with Crippen molar-refractivity contribution in [2.75, 3.05) is 6.54 Å². The highest BCUT2D eigenvalue weighted by Gasteiger charge is 2.42. The quantitative estimate of drug-likeness (QED) is 0.893. The van der Waals surface area contributed by atoms with Gasteiger partial charge in [-0.05, 0) is 44.4 Å². The topological polar surface area (TPSA) is 71.2 Å². The zero-order chi connectivity index (χ0) is 14.9. The molecule has 1 aromatic heterocycles. The third-order valence-corrected chi connectivity index (χ3v) is 5.37. The smallest absolute Gasteiger partial charge is 0.223 e. The lowest BCUT2D eigenvalue weighted by atomic mass is 9.79. The molecular formula is C16H27N3O2. The summed E-state index contributed by atoms with van der Waals surface area (Å²) < 4.78 is 5.17. The molecule has 1 heterocycles. The van der Waals surface area contributed by atoms with E-state index in [9.17, 15) is 5.11 Å². The van der Waals surface area contributed by atoms with Crippen LogP contribution in [0, 0.1) is 12.8 Å². The number of nitrogens with zero attached hydrogens (tertiary/aromatic N) is 2. The van der Waals surface area contributed by atoms with Gasteiger partial charge in [0.05, 0.1) is 11.1 Å². The molecule has 118 valence electrons. The van der Waals surface area contributed by atoms with Crippen molar-refractivity contribution in [3.63, 3.8) is 0 Å². The molecule has 0 saturated heterocycles. The first-order valence-electron chi connectivity index (χ1n) is 8.30. The summed E-state index contributed by atoms with van der Waals surface area (Å²) in [5.74, 6) is 2.12. The molecule has 2 saturated carbocycles. The maximum absolute atomic E-state index is 10.8. The Kier molecular flexibility index (Phi) is 4.06. The van der Waals surface area contributed by atoms with E-state index in [2.05, 4.69) is 22.4 Å². The Morgan fingerprint density at radius 3 is 2.48 bits per heavy atom. The highest BCUT2D eigenvalue weighted by molar-refractivity contribution is 5.09. The fourth-order valence-corrected chi connectivity index (χ4v) is 3.76. The second kappa shape index (κ2) is 5.69. The van der Waals surface area contributed by atoms with E-state index in [4.69, 9.17) is 4.52 Å². The molecule has 5 nitrogen and oxygen atoms in total. The Labute approximate surface area is 126 Å². The van der Waals surface area contributed by atoms with Crippen LogP contribution in [-0.2, 0) is 5.54 Å². The largest absolute Gasteiger partial charge is 0.389 e. The molecule has 0 atom stereocenters. The summed E-state index contributed by atoms with van der Waals surface area (Å²) >= 11 is 0. The predicted octanol–water partition coefficient (Wildman–Crippen LogP) is 2.68. The summed E-state index contributed by atoms with van der Waals surface area (Å²) in [5, 5.41) is 18.5. The van der Waals surface area contributed by atoms with Crippen LogP contribution in [0.2, 0.25) is 0 Å². The molecule has 2 N–H and O–H groups in total. The van der Waals surface area contributed by atoms with Crippen LogP contribution in [0.5, 0.6) is 0 Å². The molecule has 0 aromatic carbocycles. The Bertz CT molecular complexity index is 472. The first-order valence-corrected chi connectivity index (χ1v) is 8.30. The highest BCUT2D eigenvalue weighted by atomic mass is 16.5. The van der Waals surface area contributed by atoms with E-state index >= 15 is 0 Å². The van der Waals surface area contributed by atoms with Crippen LogP contribution in [-0.4, -0.2) is 27.4 Å². The van der Waals surface area contributed by atoms with Gasteiger partial charge in [-0.15, -0.1) is 0 Å². The van der Waals surface area contributed by atoms with Gasteiger partial charge in [0.25, 0.3) is 0 Å². The maximum Gasteiger partial charge on any atom is 0.223 e. The van der Waals surface area contributed by atoms with Gasteiger partial charge in [0.2, 0.25) is 5.89 Å². The summed E-state index contributed by atoms with van der Waals surface area (Å²) in [6.07, 6.45) is 8.42. The number of nitrogens with one attached hydrogen (secondary N) is 1. The molecule has 0 bridgehead atoms. The minimum absolute atomic E-state index is 0.198. The van der Waals surface area contributed by atoms with Crippen molar-refractivity contribution in [2.24, 2.45) is 5.92 Å². The zero-order valence-electron chi connectivity index (χ0n) is 13.2. The molecule has 2 fully saturated rings. The van der Waals surface area contributed by atoms with E-state index in [1.54, 1.807) is 0 Å². The molecule has 1 aromatic rings. The lowest BCUT2D eigenvalue weighted by Gasteiger charge is -2.38. The average Bonchev–Trinajstić information content (AvgIpc) is 3.10. The fourth-order valence-electron chi connectivity index (χ4n) is 3.76. The maximum atomic E-state index is 10.8. The average molecular weight is 293 g/mol. The van der Waals surface area contributed by atoms with E-state index in [0.717, 1.165) is 50.3 Å². The first kappa shape index (κ1) is 15.0. The van der Waals surface area contributed by atoms with Crippen molar-refractivity contribution in [2.45, 2.75) is 76.4 Å². The predicted molar refractivity (Wildman–Crippen MR) is 79.8 cm³/mol. The highest BCUT2D eigenvalue weighted by Crippen LogP contribution is 2.39. The lowest BCUT2D eigenvalue weighted by molar-refractivity contribution is -0.0132. The van der Waals surface area contributed by atoms with Crippen molar-refractivity contribution >= 4 is 0 Å². The minimum Gasteiger partial charge on any atom is -0.389 e. The molecule has 0 aliphatic heterocycles. The second-order valence-corrected chi connectivity index (χ2v) is 7.19. The summed E-state index contributed by atoms with van der Waals surface area (Å²) in [7, 11) is 0. The van der Waals surface area contributed by atoms with Crippen molar-refractivity contribution in [3.05, 3.63) is 11.7 Å². The summed E-state index contributed by atoms with van der Waals surface area (Å²) in [6.45, 7) is 4.73. The molecule has 0 unspecified atom stereocenters. The molecule has 0 radical (unpaired) electrons. The van der Waals surface area contributed by atoms with Gasteiger partial charge in [-0.3, -0.25) is 0 Å². The number of aromatic nitrogens is 2. The van der Waals surface area contributed by atoms with Crippen molar-refractivity contribution in [3.8, 4) is 0 Å². The Morgan fingerprint density at radius 2 is 1.90 bits per heavy atom. The van der Waals surface area contributed by atoms with Crippen LogP contribution in [0.4, 0.5) is 0 Å². The van der Waals surface area contributed by atoms with Gasteiger partial charge < -0.3 is 14.9 Å². The SMILES string of the molecule is Cc1nc(C2(NCC3(O)CCC(C)CC3)CCCC2)no1. The van der Waals surface area contributed by atoms with Gasteiger partial charge >= 0.3 is 0 Å². The normalized spacial score (nSPS) is 32.4. The molecular weight excluding hydrogens is 266 g/mol. The van der Waals surface area contributed by atoms with Crippen LogP contribution in [0.3, 0.4) is 0 Å². The van der Waals surface area contributed by atoms with Gasteiger partial charge in [-0.1, -0.05) is 24.9 Å². The third kappa shape index (κ3) is 3.14. The van der Waals surface area contributed by atoms with Crippen LogP contribution >= 0.6 is 0 Å². The minimum atomic E-state index is -0.569. The Balaban J connectivity index is 1.69. The van der Waals surface area contributed by atoms with Gasteiger partial charge in [-0.25, -0.2) is 0 Å². The monoisotopic (exact) mass is 293 g/mol.